The van der Waals surface area contributed by atoms with Gasteiger partial charge in [-0.3, -0.25) is 4.79 Å². The Balaban J connectivity index is 1.88. The van der Waals surface area contributed by atoms with E-state index in [9.17, 15) is 18.0 Å². The third kappa shape index (κ3) is 6.09. The zero-order valence-corrected chi connectivity index (χ0v) is 23.2. The van der Waals surface area contributed by atoms with Crippen molar-refractivity contribution >= 4 is 33.5 Å². The molecule has 0 bridgehead atoms. The van der Waals surface area contributed by atoms with Crippen LogP contribution in [-0.2, 0) is 22.1 Å². The lowest BCUT2D eigenvalue weighted by Gasteiger charge is -2.29. The number of aromatic nitrogens is 1. The smallest absolute Gasteiger partial charge is 0.416 e. The molecular weight excluding hydrogens is 567 g/mol. The fraction of sp³-hybridized carbons (Fsp3) is 0.414. The Morgan fingerprint density at radius 2 is 1.89 bits per heavy atom. The summed E-state index contributed by atoms with van der Waals surface area (Å²) in [5.74, 6) is -0.264. The van der Waals surface area contributed by atoms with E-state index in [1.165, 1.54) is 5.56 Å². The summed E-state index contributed by atoms with van der Waals surface area (Å²) in [6.45, 7) is 4.19. The first-order valence-electron chi connectivity index (χ1n) is 12.7. The molecule has 0 aliphatic heterocycles. The van der Waals surface area contributed by atoms with Crippen LogP contribution in [0.5, 0.6) is 0 Å². The molecule has 0 N–H and O–H groups in total. The first-order valence-corrected chi connectivity index (χ1v) is 13.8. The Bertz CT molecular complexity index is 1250. The molecule has 198 valence electrons. The van der Waals surface area contributed by atoms with Crippen molar-refractivity contribution in [3.63, 3.8) is 0 Å². The molecule has 2 atom stereocenters. The van der Waals surface area contributed by atoms with Gasteiger partial charge in [-0.2, -0.15) is 13.2 Å². The molecule has 1 aromatic heterocycles. The highest BCUT2D eigenvalue weighted by Crippen LogP contribution is 2.45. The van der Waals surface area contributed by atoms with Crippen molar-refractivity contribution in [2.75, 3.05) is 6.61 Å². The number of esters is 1. The highest BCUT2D eigenvalue weighted by molar-refractivity contribution is 9.10. The normalized spacial score (nSPS) is 16.4. The maximum atomic E-state index is 13.2. The molecule has 0 saturated heterocycles. The van der Waals surface area contributed by atoms with Gasteiger partial charge in [-0.15, -0.1) is 0 Å². The van der Waals surface area contributed by atoms with Crippen molar-refractivity contribution < 1.29 is 22.7 Å². The molecule has 0 radical (unpaired) electrons. The molecule has 4 rings (SSSR count). The van der Waals surface area contributed by atoms with Crippen LogP contribution in [0.1, 0.15) is 80.3 Å². The van der Waals surface area contributed by atoms with Gasteiger partial charge in [-0.05, 0) is 73.6 Å². The van der Waals surface area contributed by atoms with Gasteiger partial charge in [-0.1, -0.05) is 59.1 Å². The zero-order valence-electron chi connectivity index (χ0n) is 20.9. The molecule has 2 unspecified atom stereocenters. The minimum absolute atomic E-state index is 0.0311. The van der Waals surface area contributed by atoms with E-state index in [4.69, 9.17) is 16.3 Å². The second-order valence-electron chi connectivity index (χ2n) is 9.46. The summed E-state index contributed by atoms with van der Waals surface area (Å²) in [7, 11) is 0. The Hall–Kier alpha value is -2.25. The van der Waals surface area contributed by atoms with Crippen molar-refractivity contribution in [3.8, 4) is 11.1 Å². The fourth-order valence-electron chi connectivity index (χ4n) is 5.41. The average molecular weight is 597 g/mol. The zero-order chi connectivity index (χ0) is 26.7. The van der Waals surface area contributed by atoms with E-state index in [2.05, 4.69) is 33.6 Å². The molecular formula is C29H30BrClF3NO2. The number of benzene rings is 2. The first kappa shape index (κ1) is 27.8. The average Bonchev–Trinajstić information content (AvgIpc) is 3.22. The van der Waals surface area contributed by atoms with Crippen molar-refractivity contribution in [1.29, 1.82) is 0 Å². The summed E-state index contributed by atoms with van der Waals surface area (Å²) in [4.78, 5) is 12.5. The molecule has 0 saturated carbocycles. The van der Waals surface area contributed by atoms with Crippen molar-refractivity contribution in [3.05, 3.63) is 80.5 Å². The van der Waals surface area contributed by atoms with Crippen LogP contribution < -0.4 is 0 Å². The SMILES string of the molecule is CCCC(c1ccc(C(F)(F)F)cc1)n1cc(-c2ccc(Cl)cc2Br)c2c1C(CC(=O)OCC)CCC2. The van der Waals surface area contributed by atoms with E-state index >= 15 is 0 Å². The van der Waals surface area contributed by atoms with Crippen molar-refractivity contribution in [1.82, 2.24) is 4.57 Å². The van der Waals surface area contributed by atoms with E-state index in [1.54, 1.807) is 19.1 Å². The molecule has 0 amide bonds. The van der Waals surface area contributed by atoms with Crippen molar-refractivity contribution in [2.24, 2.45) is 0 Å². The van der Waals surface area contributed by atoms with Crippen LogP contribution in [0.3, 0.4) is 0 Å². The molecule has 1 aliphatic carbocycles. The van der Waals surface area contributed by atoms with Crippen LogP contribution in [0.15, 0.2) is 53.1 Å². The number of fused-ring (bicyclic) bond motifs is 1. The monoisotopic (exact) mass is 595 g/mol. The molecule has 0 fully saturated rings. The van der Waals surface area contributed by atoms with Gasteiger partial charge < -0.3 is 9.30 Å². The lowest BCUT2D eigenvalue weighted by molar-refractivity contribution is -0.143. The van der Waals surface area contributed by atoms with E-state index in [0.717, 1.165) is 71.1 Å². The molecule has 1 heterocycles. The molecule has 0 spiro atoms. The van der Waals surface area contributed by atoms with Gasteiger partial charge in [0, 0.05) is 32.9 Å². The van der Waals surface area contributed by atoms with Gasteiger partial charge in [0.05, 0.1) is 24.6 Å². The van der Waals surface area contributed by atoms with Crippen LogP contribution in [0, 0.1) is 0 Å². The van der Waals surface area contributed by atoms with E-state index in [0.29, 0.717) is 11.6 Å². The summed E-state index contributed by atoms with van der Waals surface area (Å²) in [6.07, 6.45) is 2.25. The fourth-order valence-corrected chi connectivity index (χ4v) is 6.31. The number of carbonyl (C=O) groups excluding carboxylic acids is 1. The largest absolute Gasteiger partial charge is 0.466 e. The third-order valence-electron chi connectivity index (χ3n) is 7.01. The summed E-state index contributed by atoms with van der Waals surface area (Å²) >= 11 is 9.87. The number of alkyl halides is 3. The predicted octanol–water partition coefficient (Wildman–Crippen LogP) is 9.35. The number of rotatable bonds is 8. The van der Waals surface area contributed by atoms with Crippen LogP contribution in [0.25, 0.3) is 11.1 Å². The lowest BCUT2D eigenvalue weighted by atomic mass is 9.83. The summed E-state index contributed by atoms with van der Waals surface area (Å²) in [6, 6.07) is 11.0. The second-order valence-corrected chi connectivity index (χ2v) is 10.8. The van der Waals surface area contributed by atoms with E-state index < -0.39 is 11.7 Å². The molecule has 8 heteroatoms. The van der Waals surface area contributed by atoms with Crippen LogP contribution >= 0.6 is 27.5 Å². The topological polar surface area (TPSA) is 31.2 Å². The summed E-state index contributed by atoms with van der Waals surface area (Å²) < 4.78 is 48.1. The van der Waals surface area contributed by atoms with Gasteiger partial charge >= 0.3 is 12.1 Å². The number of ether oxygens (including phenoxy) is 1. The Morgan fingerprint density at radius 3 is 2.51 bits per heavy atom. The number of halogens is 5. The first-order chi connectivity index (χ1) is 17.6. The molecule has 3 nitrogen and oxygen atoms in total. The molecule has 37 heavy (non-hydrogen) atoms. The van der Waals surface area contributed by atoms with Crippen LogP contribution in [0.4, 0.5) is 13.2 Å². The van der Waals surface area contributed by atoms with Gasteiger partial charge in [0.15, 0.2) is 0 Å². The number of carbonyl (C=O) groups is 1. The Kier molecular flexibility index (Phi) is 8.74. The minimum atomic E-state index is -4.38. The van der Waals surface area contributed by atoms with Gasteiger partial charge in [0.1, 0.15) is 0 Å². The summed E-state index contributed by atoms with van der Waals surface area (Å²) in [5, 5.41) is 0.623. The molecule has 2 aromatic carbocycles. The predicted molar refractivity (Wildman–Crippen MR) is 144 cm³/mol. The number of nitrogens with zero attached hydrogens (tertiary/aromatic N) is 1. The Morgan fingerprint density at radius 1 is 1.16 bits per heavy atom. The highest BCUT2D eigenvalue weighted by atomic mass is 79.9. The lowest BCUT2D eigenvalue weighted by Crippen LogP contribution is -2.21. The standard InChI is InChI=1S/C29H30BrClF3NO2/c1-3-6-26(18-9-11-20(12-10-18)29(32,33)34)35-17-24(22-14-13-21(31)16-25(22)30)23-8-5-7-19(28(23)35)15-27(36)37-4-2/h9-14,16-17,19,26H,3-8,15H2,1-2H3. The second kappa shape index (κ2) is 11.6. The van der Waals surface area contributed by atoms with Crippen LogP contribution in [0.2, 0.25) is 5.02 Å². The quantitative estimate of drug-likeness (QED) is 0.243. The molecule has 3 aromatic rings. The maximum Gasteiger partial charge on any atom is 0.416 e. The van der Waals surface area contributed by atoms with Crippen molar-refractivity contribution in [2.45, 2.75) is 70.5 Å². The van der Waals surface area contributed by atoms with E-state index in [-0.39, 0.29) is 24.3 Å². The van der Waals surface area contributed by atoms with E-state index in [1.807, 2.05) is 18.2 Å². The minimum Gasteiger partial charge on any atom is -0.466 e. The van der Waals surface area contributed by atoms with Gasteiger partial charge in [-0.25, -0.2) is 0 Å². The third-order valence-corrected chi connectivity index (χ3v) is 7.90. The number of hydrogen-bond donors (Lipinski definition) is 0. The highest BCUT2D eigenvalue weighted by Gasteiger charge is 2.33. The molecule has 1 aliphatic rings. The Labute approximate surface area is 229 Å². The summed E-state index contributed by atoms with van der Waals surface area (Å²) in [5.41, 5.74) is 4.46. The van der Waals surface area contributed by atoms with Gasteiger partial charge in [0.2, 0.25) is 0 Å². The maximum absolute atomic E-state index is 13.2. The van der Waals surface area contributed by atoms with Gasteiger partial charge in [0.25, 0.3) is 0 Å². The number of hydrogen-bond acceptors (Lipinski definition) is 2. The van der Waals surface area contributed by atoms with Crippen LogP contribution in [-0.4, -0.2) is 17.1 Å².